The van der Waals surface area contributed by atoms with Crippen molar-refractivity contribution in [1.29, 1.82) is 0 Å². The summed E-state index contributed by atoms with van der Waals surface area (Å²) >= 11 is 1.60. The normalized spacial score (nSPS) is 19.4. The summed E-state index contributed by atoms with van der Waals surface area (Å²) in [5.74, 6) is 0.767. The van der Waals surface area contributed by atoms with Crippen LogP contribution >= 0.6 is 11.8 Å². The lowest BCUT2D eigenvalue weighted by Gasteiger charge is -2.37. The first-order chi connectivity index (χ1) is 13.2. The molecule has 0 bridgehead atoms. The number of piperazine rings is 1. The van der Waals surface area contributed by atoms with E-state index in [1.54, 1.807) is 11.8 Å². The van der Waals surface area contributed by atoms with Gasteiger partial charge in [-0.2, -0.15) is 0 Å². The number of benzene rings is 1. The molecular weight excluding hydrogens is 370 g/mol. The topological polar surface area (TPSA) is 52.7 Å². The van der Waals surface area contributed by atoms with E-state index in [2.05, 4.69) is 55.3 Å². The van der Waals surface area contributed by atoms with Gasteiger partial charge < -0.3 is 10.2 Å². The molecule has 28 heavy (non-hydrogen) atoms. The van der Waals surface area contributed by atoms with E-state index >= 15 is 0 Å². The molecule has 1 unspecified atom stereocenters. The van der Waals surface area contributed by atoms with Gasteiger partial charge in [0.1, 0.15) is 0 Å². The lowest BCUT2D eigenvalue weighted by Crippen LogP contribution is -2.55. The molecule has 1 saturated heterocycles. The van der Waals surface area contributed by atoms with Crippen LogP contribution in [-0.4, -0.2) is 65.6 Å². The highest BCUT2D eigenvalue weighted by atomic mass is 32.2. The molecule has 0 radical (unpaired) electrons. The van der Waals surface area contributed by atoms with Gasteiger partial charge in [-0.05, 0) is 42.9 Å². The Bertz CT molecular complexity index is 687. The first kappa shape index (κ1) is 21.2. The van der Waals surface area contributed by atoms with Gasteiger partial charge in [-0.25, -0.2) is 0 Å². The minimum Gasteiger partial charge on any atom is -0.352 e. The summed E-state index contributed by atoms with van der Waals surface area (Å²) in [4.78, 5) is 30.0. The fraction of sp³-hybridized carbons (Fsp3) is 0.636. The molecule has 1 N–H and O–H groups in total. The standard InChI is InChI=1S/C22H33N3O2S/c1-16(21(27)23-18-7-8-18)24-11-13-25(14-12-24)20(26)15-28-19-9-5-17(6-10-19)22(2,3)4/h5-6,9-10,16,18H,7-8,11-15H2,1-4H3,(H,23,27). The van der Waals surface area contributed by atoms with E-state index in [1.165, 1.54) is 5.56 Å². The maximum atomic E-state index is 12.6. The summed E-state index contributed by atoms with van der Waals surface area (Å²) in [7, 11) is 0. The van der Waals surface area contributed by atoms with Crippen LogP contribution in [0.5, 0.6) is 0 Å². The SMILES string of the molecule is CC(C(=O)NC1CC1)N1CCN(C(=O)CSc2ccc(C(C)(C)C)cc2)CC1. The van der Waals surface area contributed by atoms with E-state index in [4.69, 9.17) is 0 Å². The molecule has 1 saturated carbocycles. The van der Waals surface area contributed by atoms with Crippen LogP contribution in [0.25, 0.3) is 0 Å². The molecule has 1 aliphatic carbocycles. The summed E-state index contributed by atoms with van der Waals surface area (Å²) in [6.07, 6.45) is 2.22. The van der Waals surface area contributed by atoms with Gasteiger partial charge in [0.15, 0.2) is 0 Å². The quantitative estimate of drug-likeness (QED) is 0.742. The molecule has 6 heteroatoms. The van der Waals surface area contributed by atoms with Crippen molar-refractivity contribution >= 4 is 23.6 Å². The molecule has 2 aliphatic rings. The van der Waals surface area contributed by atoms with Gasteiger partial charge >= 0.3 is 0 Å². The lowest BCUT2D eigenvalue weighted by molar-refractivity contribution is -0.131. The second-order valence-corrected chi connectivity index (χ2v) is 9.99. The molecule has 5 nitrogen and oxygen atoms in total. The van der Waals surface area contributed by atoms with E-state index in [0.717, 1.165) is 30.8 Å². The van der Waals surface area contributed by atoms with Crippen LogP contribution in [0.15, 0.2) is 29.2 Å². The Balaban J connectivity index is 1.41. The molecule has 1 aromatic rings. The van der Waals surface area contributed by atoms with Crippen molar-refractivity contribution in [2.24, 2.45) is 0 Å². The Morgan fingerprint density at radius 2 is 1.71 bits per heavy atom. The summed E-state index contributed by atoms with van der Waals surface area (Å²) in [5, 5.41) is 3.07. The van der Waals surface area contributed by atoms with E-state index in [1.807, 2.05) is 11.8 Å². The van der Waals surface area contributed by atoms with E-state index in [0.29, 0.717) is 24.9 Å². The maximum Gasteiger partial charge on any atom is 0.237 e. The highest BCUT2D eigenvalue weighted by Gasteiger charge is 2.30. The summed E-state index contributed by atoms with van der Waals surface area (Å²) in [6, 6.07) is 8.80. The second-order valence-electron chi connectivity index (χ2n) is 8.94. The second kappa shape index (κ2) is 8.87. The molecule has 3 rings (SSSR count). The van der Waals surface area contributed by atoms with Gasteiger partial charge in [0.05, 0.1) is 11.8 Å². The van der Waals surface area contributed by atoms with Crippen molar-refractivity contribution in [2.75, 3.05) is 31.9 Å². The summed E-state index contributed by atoms with van der Waals surface area (Å²) in [6.45, 7) is 11.5. The average molecular weight is 404 g/mol. The number of carbonyl (C=O) groups is 2. The van der Waals surface area contributed by atoms with Crippen molar-refractivity contribution < 1.29 is 9.59 Å². The number of hydrogen-bond acceptors (Lipinski definition) is 4. The van der Waals surface area contributed by atoms with Crippen LogP contribution < -0.4 is 5.32 Å². The minimum atomic E-state index is -0.117. The van der Waals surface area contributed by atoms with Crippen LogP contribution in [0.2, 0.25) is 0 Å². The van der Waals surface area contributed by atoms with Crippen molar-refractivity contribution in [1.82, 2.24) is 15.1 Å². The molecule has 2 fully saturated rings. The first-order valence-electron chi connectivity index (χ1n) is 10.3. The lowest BCUT2D eigenvalue weighted by atomic mass is 9.87. The number of nitrogens with one attached hydrogen (secondary N) is 1. The smallest absolute Gasteiger partial charge is 0.237 e. The van der Waals surface area contributed by atoms with Crippen LogP contribution in [0.4, 0.5) is 0 Å². The molecule has 1 aliphatic heterocycles. The highest BCUT2D eigenvalue weighted by Crippen LogP contribution is 2.26. The molecular formula is C22H33N3O2S. The summed E-state index contributed by atoms with van der Waals surface area (Å²) < 4.78 is 0. The Morgan fingerprint density at radius 1 is 1.11 bits per heavy atom. The number of carbonyl (C=O) groups excluding carboxylic acids is 2. The van der Waals surface area contributed by atoms with E-state index in [9.17, 15) is 9.59 Å². The molecule has 0 spiro atoms. The van der Waals surface area contributed by atoms with E-state index in [-0.39, 0.29) is 23.3 Å². The van der Waals surface area contributed by atoms with Gasteiger partial charge in [0.25, 0.3) is 0 Å². The van der Waals surface area contributed by atoms with Gasteiger partial charge in [-0.1, -0.05) is 32.9 Å². The average Bonchev–Trinajstić information content (AvgIpc) is 3.49. The number of amides is 2. The Kier molecular flexibility index (Phi) is 6.71. The zero-order valence-electron chi connectivity index (χ0n) is 17.5. The van der Waals surface area contributed by atoms with Gasteiger partial charge in [-0.15, -0.1) is 11.8 Å². The molecule has 2 amide bonds. The van der Waals surface area contributed by atoms with Crippen molar-refractivity contribution in [2.45, 2.75) is 62.9 Å². The monoisotopic (exact) mass is 403 g/mol. The molecule has 1 atom stereocenters. The zero-order chi connectivity index (χ0) is 20.3. The predicted molar refractivity (Wildman–Crippen MR) is 115 cm³/mol. The Labute approximate surface area is 173 Å². The third-order valence-corrected chi connectivity index (χ3v) is 6.60. The van der Waals surface area contributed by atoms with E-state index < -0.39 is 0 Å². The Morgan fingerprint density at radius 3 is 2.25 bits per heavy atom. The molecule has 0 aromatic heterocycles. The summed E-state index contributed by atoms with van der Waals surface area (Å²) in [5.41, 5.74) is 1.45. The molecule has 154 valence electrons. The number of thioether (sulfide) groups is 1. The van der Waals surface area contributed by atoms with Crippen molar-refractivity contribution in [3.05, 3.63) is 29.8 Å². The first-order valence-corrected chi connectivity index (χ1v) is 11.3. The largest absolute Gasteiger partial charge is 0.352 e. The van der Waals surface area contributed by atoms with Crippen LogP contribution in [0, 0.1) is 0 Å². The zero-order valence-corrected chi connectivity index (χ0v) is 18.3. The van der Waals surface area contributed by atoms with Gasteiger partial charge in [0, 0.05) is 37.1 Å². The predicted octanol–water partition coefficient (Wildman–Crippen LogP) is 2.89. The fourth-order valence-electron chi connectivity index (χ4n) is 3.36. The third kappa shape index (κ3) is 5.74. The number of rotatable bonds is 6. The van der Waals surface area contributed by atoms with Crippen molar-refractivity contribution in [3.8, 4) is 0 Å². The number of nitrogens with zero attached hydrogens (tertiary/aromatic N) is 2. The van der Waals surface area contributed by atoms with Crippen LogP contribution in [-0.2, 0) is 15.0 Å². The molecule has 1 aromatic carbocycles. The van der Waals surface area contributed by atoms with Gasteiger partial charge in [0.2, 0.25) is 11.8 Å². The van der Waals surface area contributed by atoms with Crippen molar-refractivity contribution in [3.63, 3.8) is 0 Å². The third-order valence-electron chi connectivity index (χ3n) is 5.60. The van der Waals surface area contributed by atoms with Crippen LogP contribution in [0.3, 0.4) is 0 Å². The fourth-order valence-corrected chi connectivity index (χ4v) is 4.16. The maximum absolute atomic E-state index is 12.6. The molecule has 1 heterocycles. The highest BCUT2D eigenvalue weighted by molar-refractivity contribution is 8.00. The van der Waals surface area contributed by atoms with Gasteiger partial charge in [-0.3, -0.25) is 14.5 Å². The Hall–Kier alpha value is -1.53. The van der Waals surface area contributed by atoms with Crippen LogP contribution in [0.1, 0.15) is 46.1 Å². The number of hydrogen-bond donors (Lipinski definition) is 1. The minimum absolute atomic E-state index is 0.117.